The third-order valence-corrected chi connectivity index (χ3v) is 4.03. The van der Waals surface area contributed by atoms with E-state index in [1.807, 2.05) is 0 Å². The Morgan fingerprint density at radius 2 is 2.00 bits per heavy atom. The summed E-state index contributed by atoms with van der Waals surface area (Å²) < 4.78 is 5.64. The van der Waals surface area contributed by atoms with E-state index in [1.54, 1.807) is 0 Å². The topological polar surface area (TPSA) is 47.3 Å². The molecule has 112 valence electrons. The van der Waals surface area contributed by atoms with Gasteiger partial charge < -0.3 is 15.8 Å². The second-order valence-electron chi connectivity index (χ2n) is 6.70. The van der Waals surface area contributed by atoms with Crippen molar-refractivity contribution in [3.05, 3.63) is 35.4 Å². The van der Waals surface area contributed by atoms with Gasteiger partial charge >= 0.3 is 0 Å². The van der Waals surface area contributed by atoms with Crippen molar-refractivity contribution < 1.29 is 4.74 Å². The molecule has 0 amide bonds. The number of nitrogens with one attached hydrogen (secondary N) is 1. The van der Waals surface area contributed by atoms with Gasteiger partial charge in [-0.2, -0.15) is 0 Å². The smallest absolute Gasteiger partial charge is 0.0700 e. The average Bonchev–Trinajstić information content (AvgIpc) is 2.92. The summed E-state index contributed by atoms with van der Waals surface area (Å²) in [7, 11) is 0. The number of hydrogen-bond donors (Lipinski definition) is 2. The van der Waals surface area contributed by atoms with E-state index in [0.29, 0.717) is 12.6 Å². The van der Waals surface area contributed by atoms with Gasteiger partial charge in [-0.3, -0.25) is 0 Å². The molecule has 1 aliphatic heterocycles. The van der Waals surface area contributed by atoms with E-state index in [9.17, 15) is 0 Å². The number of rotatable bonds is 5. The average molecular weight is 276 g/mol. The lowest BCUT2D eigenvalue weighted by atomic mass is 9.86. The van der Waals surface area contributed by atoms with Crippen molar-refractivity contribution in [1.29, 1.82) is 0 Å². The molecule has 0 aliphatic carbocycles. The molecule has 3 heteroatoms. The van der Waals surface area contributed by atoms with Crippen LogP contribution in [0.2, 0.25) is 0 Å². The molecular weight excluding hydrogens is 248 g/mol. The minimum atomic E-state index is 0.196. The van der Waals surface area contributed by atoms with Crippen LogP contribution in [0.15, 0.2) is 24.3 Å². The maximum Gasteiger partial charge on any atom is 0.0700 e. The van der Waals surface area contributed by atoms with E-state index in [4.69, 9.17) is 10.5 Å². The van der Waals surface area contributed by atoms with Gasteiger partial charge in [-0.1, -0.05) is 45.0 Å². The molecule has 1 aliphatic rings. The fourth-order valence-electron chi connectivity index (χ4n) is 2.63. The summed E-state index contributed by atoms with van der Waals surface area (Å²) in [5.74, 6) is 0. The highest BCUT2D eigenvalue weighted by Gasteiger charge is 2.18. The normalized spacial score (nSPS) is 21.1. The molecule has 2 atom stereocenters. The highest BCUT2D eigenvalue weighted by atomic mass is 16.5. The summed E-state index contributed by atoms with van der Waals surface area (Å²) >= 11 is 0. The van der Waals surface area contributed by atoms with Crippen LogP contribution in [0.1, 0.15) is 50.8 Å². The van der Waals surface area contributed by atoms with E-state index in [2.05, 4.69) is 50.4 Å². The molecule has 1 aromatic rings. The number of hydrogen-bond acceptors (Lipinski definition) is 3. The fourth-order valence-corrected chi connectivity index (χ4v) is 2.63. The Kier molecular flexibility index (Phi) is 5.19. The first-order valence-electron chi connectivity index (χ1n) is 7.66. The standard InChI is InChI=1S/C17H28N2O/c1-17(2,3)14-8-6-13(7-9-14)16(11-18)19-12-15-5-4-10-20-15/h6-9,15-16,19H,4-5,10-12,18H2,1-3H3. The number of nitrogens with two attached hydrogens (primary N) is 1. The van der Waals surface area contributed by atoms with Gasteiger partial charge in [0.15, 0.2) is 0 Å². The van der Waals surface area contributed by atoms with Crippen LogP contribution >= 0.6 is 0 Å². The third-order valence-electron chi connectivity index (χ3n) is 4.03. The van der Waals surface area contributed by atoms with Gasteiger partial charge in [0.2, 0.25) is 0 Å². The minimum absolute atomic E-state index is 0.196. The molecule has 2 rings (SSSR count). The van der Waals surface area contributed by atoms with Crippen LogP contribution in [-0.4, -0.2) is 25.8 Å². The van der Waals surface area contributed by atoms with Gasteiger partial charge in [0.25, 0.3) is 0 Å². The predicted octanol–water partition coefficient (Wildman–Crippen LogP) is 2.75. The fraction of sp³-hybridized carbons (Fsp3) is 0.647. The van der Waals surface area contributed by atoms with E-state index in [1.165, 1.54) is 17.5 Å². The first-order chi connectivity index (χ1) is 9.50. The maximum atomic E-state index is 5.91. The molecule has 0 radical (unpaired) electrons. The van der Waals surface area contributed by atoms with Gasteiger partial charge in [0.05, 0.1) is 6.10 Å². The van der Waals surface area contributed by atoms with Gasteiger partial charge in [-0.15, -0.1) is 0 Å². The lowest BCUT2D eigenvalue weighted by Gasteiger charge is -2.22. The second kappa shape index (κ2) is 6.70. The van der Waals surface area contributed by atoms with Gasteiger partial charge in [0, 0.05) is 25.7 Å². The molecule has 1 aromatic carbocycles. The lowest BCUT2D eigenvalue weighted by molar-refractivity contribution is 0.107. The molecule has 1 heterocycles. The largest absolute Gasteiger partial charge is 0.377 e. The Morgan fingerprint density at radius 1 is 1.30 bits per heavy atom. The van der Waals surface area contributed by atoms with Gasteiger partial charge in [-0.25, -0.2) is 0 Å². The van der Waals surface area contributed by atoms with Crippen molar-refractivity contribution >= 4 is 0 Å². The predicted molar refractivity (Wildman–Crippen MR) is 83.9 cm³/mol. The Morgan fingerprint density at radius 3 is 2.50 bits per heavy atom. The first-order valence-corrected chi connectivity index (χ1v) is 7.66. The SMILES string of the molecule is CC(C)(C)c1ccc(C(CN)NCC2CCCO2)cc1. The molecule has 3 nitrogen and oxygen atoms in total. The van der Waals surface area contributed by atoms with Crippen LogP contribution < -0.4 is 11.1 Å². The summed E-state index contributed by atoms with van der Waals surface area (Å²) in [5.41, 5.74) is 8.73. The highest BCUT2D eigenvalue weighted by molar-refractivity contribution is 5.29. The summed E-state index contributed by atoms with van der Waals surface area (Å²) in [4.78, 5) is 0. The Bertz CT molecular complexity index is 402. The first kappa shape index (κ1) is 15.5. The second-order valence-corrected chi connectivity index (χ2v) is 6.70. The van der Waals surface area contributed by atoms with Crippen molar-refractivity contribution in [2.24, 2.45) is 5.73 Å². The van der Waals surface area contributed by atoms with Crippen molar-refractivity contribution in [3.8, 4) is 0 Å². The monoisotopic (exact) mass is 276 g/mol. The molecule has 3 N–H and O–H groups in total. The molecule has 20 heavy (non-hydrogen) atoms. The Hall–Kier alpha value is -0.900. The van der Waals surface area contributed by atoms with Gasteiger partial charge in [0.1, 0.15) is 0 Å². The summed E-state index contributed by atoms with van der Waals surface area (Å²) in [6.07, 6.45) is 2.70. The summed E-state index contributed by atoms with van der Waals surface area (Å²) in [5, 5.41) is 3.54. The summed E-state index contributed by atoms with van der Waals surface area (Å²) in [6.45, 7) is 9.11. The van der Waals surface area contributed by atoms with Crippen LogP contribution in [0.5, 0.6) is 0 Å². The minimum Gasteiger partial charge on any atom is -0.377 e. The quantitative estimate of drug-likeness (QED) is 0.869. The zero-order valence-corrected chi connectivity index (χ0v) is 13.0. The van der Waals surface area contributed by atoms with Crippen LogP contribution in [-0.2, 0) is 10.2 Å². The van der Waals surface area contributed by atoms with Crippen molar-refractivity contribution in [2.45, 2.75) is 51.2 Å². The molecule has 0 saturated carbocycles. The Labute approximate surface area is 122 Å². The van der Waals surface area contributed by atoms with Crippen LogP contribution in [0.25, 0.3) is 0 Å². The van der Waals surface area contributed by atoms with Crippen molar-refractivity contribution in [1.82, 2.24) is 5.32 Å². The lowest BCUT2D eigenvalue weighted by Crippen LogP contribution is -2.34. The molecule has 0 spiro atoms. The zero-order valence-electron chi connectivity index (χ0n) is 13.0. The molecule has 0 bridgehead atoms. The van der Waals surface area contributed by atoms with E-state index < -0.39 is 0 Å². The van der Waals surface area contributed by atoms with E-state index >= 15 is 0 Å². The molecular formula is C17H28N2O. The summed E-state index contributed by atoms with van der Waals surface area (Å²) in [6, 6.07) is 9.03. The number of benzene rings is 1. The van der Waals surface area contributed by atoms with Crippen LogP contribution in [0.4, 0.5) is 0 Å². The Balaban J connectivity index is 1.96. The van der Waals surface area contributed by atoms with Crippen LogP contribution in [0, 0.1) is 0 Å². The highest BCUT2D eigenvalue weighted by Crippen LogP contribution is 2.24. The third kappa shape index (κ3) is 4.05. The molecule has 1 fully saturated rings. The zero-order chi connectivity index (χ0) is 14.6. The maximum absolute atomic E-state index is 5.91. The van der Waals surface area contributed by atoms with Crippen LogP contribution in [0.3, 0.4) is 0 Å². The molecule has 2 unspecified atom stereocenters. The van der Waals surface area contributed by atoms with E-state index in [-0.39, 0.29) is 11.5 Å². The molecule has 0 aromatic heterocycles. The van der Waals surface area contributed by atoms with Crippen molar-refractivity contribution in [2.75, 3.05) is 19.7 Å². The number of ether oxygens (including phenoxy) is 1. The van der Waals surface area contributed by atoms with E-state index in [0.717, 1.165) is 19.6 Å². The van der Waals surface area contributed by atoms with Crippen molar-refractivity contribution in [3.63, 3.8) is 0 Å². The van der Waals surface area contributed by atoms with Gasteiger partial charge in [-0.05, 0) is 29.4 Å². The molecule has 1 saturated heterocycles.